The minimum Gasteiger partial charge on any atom is -0.250 e. The molecule has 1 aromatic heterocycles. The van der Waals surface area contributed by atoms with Crippen LogP contribution in [0.4, 0.5) is 5.69 Å². The highest BCUT2D eigenvalue weighted by Crippen LogP contribution is 2.22. The van der Waals surface area contributed by atoms with Crippen molar-refractivity contribution >= 4 is 34.6 Å². The summed E-state index contributed by atoms with van der Waals surface area (Å²) < 4.78 is 0. The van der Waals surface area contributed by atoms with Gasteiger partial charge in [0.15, 0.2) is 5.15 Å². The molecule has 0 spiro atoms. The average molecular weight is 253 g/mol. The third-order valence-corrected chi connectivity index (χ3v) is 2.82. The van der Waals surface area contributed by atoms with Crippen molar-refractivity contribution in [1.29, 1.82) is 0 Å². The van der Waals surface area contributed by atoms with Crippen molar-refractivity contribution in [3.05, 3.63) is 47.3 Å². The molecule has 0 atom stereocenters. The van der Waals surface area contributed by atoms with Gasteiger partial charge in [-0.1, -0.05) is 23.8 Å². The van der Waals surface area contributed by atoms with Crippen LogP contribution in [-0.2, 0) is 0 Å². The molecule has 0 bridgehead atoms. The molecule has 0 aromatic carbocycles. The number of aromatic nitrogens is 1. The second-order valence-electron chi connectivity index (χ2n) is 3.37. The topological polar surface area (TPSA) is 25.2 Å². The zero-order valence-corrected chi connectivity index (χ0v) is 10.0. The summed E-state index contributed by atoms with van der Waals surface area (Å²) in [6.07, 6.45) is 8.43. The Kier molecular flexibility index (Phi) is 3.75. The molecule has 0 aliphatic heterocycles. The molecule has 0 saturated carbocycles. The molecule has 1 aliphatic carbocycles. The van der Waals surface area contributed by atoms with Gasteiger partial charge < -0.3 is 0 Å². The van der Waals surface area contributed by atoms with Gasteiger partial charge in [-0.05, 0) is 23.8 Å². The van der Waals surface area contributed by atoms with Crippen molar-refractivity contribution in [2.75, 3.05) is 5.88 Å². The van der Waals surface area contributed by atoms with Crippen molar-refractivity contribution in [1.82, 2.24) is 4.98 Å². The standard InChI is InChI=1S/C12H10Cl2N2/c13-8-9-3-5-10(6-4-9)16-11-2-1-7-15-12(11)14/h1-5,7H,6,8H2. The largest absolute Gasteiger partial charge is 0.250 e. The molecule has 2 nitrogen and oxygen atoms in total. The molecule has 2 rings (SSSR count). The van der Waals surface area contributed by atoms with Crippen LogP contribution in [0.15, 0.2) is 47.1 Å². The first-order chi connectivity index (χ1) is 7.79. The van der Waals surface area contributed by atoms with E-state index in [1.165, 1.54) is 0 Å². The second-order valence-corrected chi connectivity index (χ2v) is 3.99. The normalized spacial score (nSPS) is 17.6. The summed E-state index contributed by atoms with van der Waals surface area (Å²) in [6.45, 7) is 0. The SMILES string of the molecule is ClCC1=CCC(=Nc2cccnc2Cl)C=C1. The minimum absolute atomic E-state index is 0.426. The molecule has 16 heavy (non-hydrogen) atoms. The summed E-state index contributed by atoms with van der Waals surface area (Å²) >= 11 is 11.6. The summed E-state index contributed by atoms with van der Waals surface area (Å²) in [5, 5.41) is 0.426. The Bertz CT molecular complexity index is 476. The maximum atomic E-state index is 5.92. The maximum Gasteiger partial charge on any atom is 0.154 e. The Labute approximate surface area is 104 Å². The van der Waals surface area contributed by atoms with E-state index in [1.54, 1.807) is 6.20 Å². The molecule has 82 valence electrons. The third-order valence-electron chi connectivity index (χ3n) is 2.22. The lowest BCUT2D eigenvalue weighted by Gasteiger charge is -2.06. The van der Waals surface area contributed by atoms with Crippen molar-refractivity contribution in [2.24, 2.45) is 4.99 Å². The van der Waals surface area contributed by atoms with Gasteiger partial charge >= 0.3 is 0 Å². The van der Waals surface area contributed by atoms with Crippen LogP contribution < -0.4 is 0 Å². The van der Waals surface area contributed by atoms with Gasteiger partial charge in [0.25, 0.3) is 0 Å². The number of allylic oxidation sites excluding steroid dienone is 4. The number of pyridine rings is 1. The molecule has 0 fully saturated rings. The molecular weight excluding hydrogens is 243 g/mol. The predicted molar refractivity (Wildman–Crippen MR) is 68.9 cm³/mol. The third kappa shape index (κ3) is 2.71. The Morgan fingerprint density at radius 1 is 1.38 bits per heavy atom. The fourth-order valence-electron chi connectivity index (χ4n) is 1.37. The Morgan fingerprint density at radius 3 is 2.88 bits per heavy atom. The first-order valence-corrected chi connectivity index (χ1v) is 5.82. The number of halogens is 2. The maximum absolute atomic E-state index is 5.92. The van der Waals surface area contributed by atoms with Gasteiger partial charge in [-0.2, -0.15) is 0 Å². The number of rotatable bonds is 2. The highest BCUT2D eigenvalue weighted by Gasteiger charge is 2.03. The lowest BCUT2D eigenvalue weighted by molar-refractivity contribution is 1.28. The summed E-state index contributed by atoms with van der Waals surface area (Å²) in [4.78, 5) is 8.41. The van der Waals surface area contributed by atoms with Crippen LogP contribution in [0.3, 0.4) is 0 Å². The average Bonchev–Trinajstić information content (AvgIpc) is 2.33. The molecule has 1 aliphatic rings. The number of hydrogen-bond donors (Lipinski definition) is 0. The minimum atomic E-state index is 0.426. The van der Waals surface area contributed by atoms with E-state index in [0.717, 1.165) is 17.7 Å². The molecule has 0 unspecified atom stereocenters. The van der Waals surface area contributed by atoms with Gasteiger partial charge in [-0.3, -0.25) is 0 Å². The van der Waals surface area contributed by atoms with E-state index in [4.69, 9.17) is 23.2 Å². The zero-order chi connectivity index (χ0) is 11.4. The monoisotopic (exact) mass is 252 g/mol. The van der Waals surface area contributed by atoms with E-state index < -0.39 is 0 Å². The summed E-state index contributed by atoms with van der Waals surface area (Å²) in [5.74, 6) is 0.539. The molecule has 0 amide bonds. The van der Waals surface area contributed by atoms with E-state index >= 15 is 0 Å². The highest BCUT2D eigenvalue weighted by molar-refractivity contribution is 6.31. The molecule has 0 N–H and O–H groups in total. The fourth-order valence-corrected chi connectivity index (χ4v) is 1.73. The van der Waals surface area contributed by atoms with Crippen LogP contribution >= 0.6 is 23.2 Å². The van der Waals surface area contributed by atoms with E-state index in [1.807, 2.05) is 24.3 Å². The van der Waals surface area contributed by atoms with Crippen LogP contribution in [0.5, 0.6) is 0 Å². The van der Waals surface area contributed by atoms with Gasteiger partial charge in [0, 0.05) is 24.2 Å². The van der Waals surface area contributed by atoms with Gasteiger partial charge in [0.2, 0.25) is 0 Å². The van der Waals surface area contributed by atoms with E-state index in [-0.39, 0.29) is 0 Å². The second kappa shape index (κ2) is 5.28. The molecule has 4 heteroatoms. The summed E-state index contributed by atoms with van der Waals surface area (Å²) in [6, 6.07) is 3.66. The molecule has 0 radical (unpaired) electrons. The van der Waals surface area contributed by atoms with Gasteiger partial charge in [-0.25, -0.2) is 9.98 Å². The van der Waals surface area contributed by atoms with E-state index in [9.17, 15) is 0 Å². The van der Waals surface area contributed by atoms with Crippen molar-refractivity contribution in [3.8, 4) is 0 Å². The zero-order valence-electron chi connectivity index (χ0n) is 8.53. The summed E-state index contributed by atoms with van der Waals surface area (Å²) in [5.41, 5.74) is 2.79. The smallest absolute Gasteiger partial charge is 0.154 e. The first kappa shape index (κ1) is 11.4. The lowest BCUT2D eigenvalue weighted by atomic mass is 10.1. The number of nitrogens with zero attached hydrogens (tertiary/aromatic N) is 2. The highest BCUT2D eigenvalue weighted by atomic mass is 35.5. The fraction of sp³-hybridized carbons (Fsp3) is 0.167. The molecular formula is C12H10Cl2N2. The van der Waals surface area contributed by atoms with Gasteiger partial charge in [0.1, 0.15) is 5.69 Å². The van der Waals surface area contributed by atoms with E-state index in [2.05, 4.69) is 16.1 Å². The van der Waals surface area contributed by atoms with Crippen LogP contribution in [0.25, 0.3) is 0 Å². The Hall–Kier alpha value is -1.12. The van der Waals surface area contributed by atoms with Crippen molar-refractivity contribution in [3.63, 3.8) is 0 Å². The predicted octanol–water partition coefficient (Wildman–Crippen LogP) is 3.93. The van der Waals surface area contributed by atoms with Crippen molar-refractivity contribution in [2.45, 2.75) is 6.42 Å². The van der Waals surface area contributed by atoms with Crippen molar-refractivity contribution < 1.29 is 0 Å². The van der Waals surface area contributed by atoms with Gasteiger partial charge in [0.05, 0.1) is 0 Å². The molecule has 1 aromatic rings. The quantitative estimate of drug-likeness (QED) is 0.579. The molecule has 0 saturated heterocycles. The van der Waals surface area contributed by atoms with Crippen LogP contribution in [-0.4, -0.2) is 16.6 Å². The van der Waals surface area contributed by atoms with Gasteiger partial charge in [-0.15, -0.1) is 11.6 Å². The number of hydrogen-bond acceptors (Lipinski definition) is 2. The van der Waals surface area contributed by atoms with Crippen LogP contribution in [0, 0.1) is 0 Å². The Balaban J connectivity index is 2.20. The first-order valence-electron chi connectivity index (χ1n) is 4.91. The Morgan fingerprint density at radius 2 is 2.25 bits per heavy atom. The summed E-state index contributed by atoms with van der Waals surface area (Å²) in [7, 11) is 0. The van der Waals surface area contributed by atoms with E-state index in [0.29, 0.717) is 16.7 Å². The number of aliphatic imine (C=N–C) groups is 1. The number of alkyl halides is 1. The lowest BCUT2D eigenvalue weighted by Crippen LogP contribution is -1.98. The molecule has 1 heterocycles. The van der Waals surface area contributed by atoms with Crippen LogP contribution in [0.2, 0.25) is 5.15 Å². The van der Waals surface area contributed by atoms with Crippen LogP contribution in [0.1, 0.15) is 6.42 Å².